The number of benzene rings is 1. The summed E-state index contributed by atoms with van der Waals surface area (Å²) in [5.74, 6) is 1.35. The van der Waals surface area contributed by atoms with Gasteiger partial charge in [0.25, 0.3) is 0 Å². The molecule has 6 heteroatoms. The van der Waals surface area contributed by atoms with Gasteiger partial charge in [0.15, 0.2) is 5.82 Å². The van der Waals surface area contributed by atoms with Gasteiger partial charge in [-0.2, -0.15) is 0 Å². The molecule has 1 heterocycles. The van der Waals surface area contributed by atoms with Crippen LogP contribution >= 0.6 is 27.5 Å². The fourth-order valence-corrected chi connectivity index (χ4v) is 2.47. The van der Waals surface area contributed by atoms with Crippen LogP contribution in [-0.4, -0.2) is 24.1 Å². The molecule has 0 spiro atoms. The van der Waals surface area contributed by atoms with Crippen LogP contribution in [0.25, 0.3) is 0 Å². The number of nitrogens with zero attached hydrogens (tertiary/aromatic N) is 3. The van der Waals surface area contributed by atoms with Gasteiger partial charge in [-0.25, -0.2) is 9.97 Å². The molecule has 0 bridgehead atoms. The first-order valence-electron chi connectivity index (χ1n) is 6.06. The first-order valence-corrected chi connectivity index (χ1v) is 7.23. The van der Waals surface area contributed by atoms with Crippen molar-refractivity contribution in [3.8, 4) is 0 Å². The van der Waals surface area contributed by atoms with E-state index in [0.717, 1.165) is 16.8 Å². The first kappa shape index (κ1) is 15.2. The topological polar surface area (TPSA) is 38.2 Å². The van der Waals surface area contributed by atoms with Gasteiger partial charge < -0.3 is 9.64 Å². The number of methoxy groups -OCH3 is 1. The van der Waals surface area contributed by atoms with Crippen LogP contribution in [0.2, 0.25) is 5.15 Å². The van der Waals surface area contributed by atoms with E-state index < -0.39 is 0 Å². The van der Waals surface area contributed by atoms with Crippen molar-refractivity contribution >= 4 is 33.3 Å². The third kappa shape index (κ3) is 4.16. The Labute approximate surface area is 131 Å². The molecule has 0 aliphatic rings. The van der Waals surface area contributed by atoms with Crippen LogP contribution in [0.15, 0.2) is 34.8 Å². The molecule has 2 aromatic rings. The molecular formula is C14H15BrClN3O. The lowest BCUT2D eigenvalue weighted by molar-refractivity contribution is 0.178. The molecule has 0 saturated heterocycles. The number of aromatic nitrogens is 2. The van der Waals surface area contributed by atoms with Gasteiger partial charge in [0.2, 0.25) is 0 Å². The van der Waals surface area contributed by atoms with Gasteiger partial charge in [0.1, 0.15) is 17.6 Å². The second-order valence-corrected chi connectivity index (χ2v) is 5.69. The minimum absolute atomic E-state index is 0.346. The van der Waals surface area contributed by atoms with Gasteiger partial charge in [-0.05, 0) is 17.7 Å². The van der Waals surface area contributed by atoms with Gasteiger partial charge in [-0.15, -0.1) is 0 Å². The number of hydrogen-bond acceptors (Lipinski definition) is 4. The maximum Gasteiger partial charge on any atom is 0.158 e. The van der Waals surface area contributed by atoms with Gasteiger partial charge in [-0.1, -0.05) is 39.7 Å². The van der Waals surface area contributed by atoms with Crippen LogP contribution in [0.1, 0.15) is 11.4 Å². The van der Waals surface area contributed by atoms with E-state index in [-0.39, 0.29) is 0 Å². The summed E-state index contributed by atoms with van der Waals surface area (Å²) < 4.78 is 6.10. The summed E-state index contributed by atoms with van der Waals surface area (Å²) in [5, 5.41) is 0.420. The molecule has 1 aromatic carbocycles. The zero-order valence-corrected chi connectivity index (χ0v) is 13.6. The molecule has 0 aliphatic carbocycles. The number of hydrogen-bond donors (Lipinski definition) is 0. The van der Waals surface area contributed by atoms with Crippen LogP contribution < -0.4 is 4.90 Å². The molecule has 0 radical (unpaired) electrons. The van der Waals surface area contributed by atoms with Crippen molar-refractivity contribution in [2.45, 2.75) is 13.2 Å². The van der Waals surface area contributed by atoms with E-state index in [1.807, 2.05) is 24.1 Å². The standard InChI is InChI=1S/C14H15BrClN3O/c1-19(8-10-4-3-5-11(15)6-10)14-7-12(16)17-13(18-14)9-20-2/h3-7H,8-9H2,1-2H3. The predicted octanol–water partition coefficient (Wildman–Crippen LogP) is 3.68. The van der Waals surface area contributed by atoms with E-state index in [1.54, 1.807) is 13.2 Å². The summed E-state index contributed by atoms with van der Waals surface area (Å²) in [4.78, 5) is 10.6. The van der Waals surface area contributed by atoms with E-state index >= 15 is 0 Å². The second-order valence-electron chi connectivity index (χ2n) is 4.38. The normalized spacial score (nSPS) is 10.6. The Hall–Kier alpha value is -1.17. The Morgan fingerprint density at radius 3 is 2.80 bits per heavy atom. The maximum absolute atomic E-state index is 6.02. The predicted molar refractivity (Wildman–Crippen MR) is 84.0 cm³/mol. The highest BCUT2D eigenvalue weighted by atomic mass is 79.9. The van der Waals surface area contributed by atoms with Gasteiger partial charge in [-0.3, -0.25) is 0 Å². The van der Waals surface area contributed by atoms with Gasteiger partial charge in [0.05, 0.1) is 0 Å². The van der Waals surface area contributed by atoms with Crippen LogP contribution in [0.3, 0.4) is 0 Å². The second kappa shape index (κ2) is 7.02. The van der Waals surface area contributed by atoms with Crippen molar-refractivity contribution in [3.05, 3.63) is 51.3 Å². The van der Waals surface area contributed by atoms with E-state index in [1.165, 1.54) is 5.56 Å². The molecule has 4 nitrogen and oxygen atoms in total. The highest BCUT2D eigenvalue weighted by molar-refractivity contribution is 9.10. The molecule has 0 amide bonds. The van der Waals surface area contributed by atoms with E-state index in [0.29, 0.717) is 17.6 Å². The SMILES string of the molecule is COCc1nc(Cl)cc(N(C)Cc2cccc(Br)c2)n1. The summed E-state index contributed by atoms with van der Waals surface area (Å²) in [6.45, 7) is 1.08. The molecule has 0 N–H and O–H groups in total. The number of ether oxygens (including phenoxy) is 1. The van der Waals surface area contributed by atoms with Crippen LogP contribution in [-0.2, 0) is 17.9 Å². The van der Waals surface area contributed by atoms with Crippen molar-refractivity contribution in [2.75, 3.05) is 19.1 Å². The highest BCUT2D eigenvalue weighted by Gasteiger charge is 2.08. The lowest BCUT2D eigenvalue weighted by Gasteiger charge is -2.19. The summed E-state index contributed by atoms with van der Waals surface area (Å²) in [6, 6.07) is 9.91. The lowest BCUT2D eigenvalue weighted by Crippen LogP contribution is -2.18. The largest absolute Gasteiger partial charge is 0.377 e. The summed E-state index contributed by atoms with van der Waals surface area (Å²) >= 11 is 9.49. The minimum atomic E-state index is 0.346. The monoisotopic (exact) mass is 355 g/mol. The van der Waals surface area contributed by atoms with Crippen LogP contribution in [0, 0.1) is 0 Å². The van der Waals surface area contributed by atoms with E-state index in [4.69, 9.17) is 16.3 Å². The average molecular weight is 357 g/mol. The summed E-state index contributed by atoms with van der Waals surface area (Å²) in [7, 11) is 3.57. The maximum atomic E-state index is 6.02. The minimum Gasteiger partial charge on any atom is -0.377 e. The van der Waals surface area contributed by atoms with Crippen LogP contribution in [0.5, 0.6) is 0 Å². The van der Waals surface area contributed by atoms with Gasteiger partial charge >= 0.3 is 0 Å². The van der Waals surface area contributed by atoms with Crippen molar-refractivity contribution in [1.29, 1.82) is 0 Å². The summed E-state index contributed by atoms with van der Waals surface area (Å²) in [5.41, 5.74) is 1.19. The molecule has 2 rings (SSSR count). The fourth-order valence-electron chi connectivity index (χ4n) is 1.83. The fraction of sp³-hybridized carbons (Fsp3) is 0.286. The third-order valence-corrected chi connectivity index (χ3v) is 3.39. The quantitative estimate of drug-likeness (QED) is 0.766. The number of halogens is 2. The molecule has 20 heavy (non-hydrogen) atoms. The van der Waals surface area contributed by atoms with Crippen molar-refractivity contribution < 1.29 is 4.74 Å². The Kier molecular flexibility index (Phi) is 5.34. The Morgan fingerprint density at radius 1 is 1.30 bits per heavy atom. The smallest absolute Gasteiger partial charge is 0.158 e. The molecular weight excluding hydrogens is 342 g/mol. The third-order valence-electron chi connectivity index (χ3n) is 2.70. The molecule has 0 saturated carbocycles. The zero-order valence-electron chi connectivity index (χ0n) is 11.3. The lowest BCUT2D eigenvalue weighted by atomic mass is 10.2. The number of anilines is 1. The molecule has 0 unspecified atom stereocenters. The Morgan fingerprint density at radius 2 is 2.10 bits per heavy atom. The first-order chi connectivity index (χ1) is 9.58. The molecule has 106 valence electrons. The molecule has 0 fully saturated rings. The van der Waals surface area contributed by atoms with Gasteiger partial charge in [0, 0.05) is 31.2 Å². The van der Waals surface area contributed by atoms with E-state index in [9.17, 15) is 0 Å². The molecule has 0 atom stereocenters. The molecule has 1 aromatic heterocycles. The molecule has 0 aliphatic heterocycles. The Bertz CT molecular complexity index is 594. The van der Waals surface area contributed by atoms with Crippen LogP contribution in [0.4, 0.5) is 5.82 Å². The highest BCUT2D eigenvalue weighted by Crippen LogP contribution is 2.19. The number of rotatable bonds is 5. The van der Waals surface area contributed by atoms with Crippen molar-refractivity contribution in [1.82, 2.24) is 9.97 Å². The Balaban J connectivity index is 2.18. The summed E-state index contributed by atoms with van der Waals surface area (Å²) in [6.07, 6.45) is 0. The zero-order chi connectivity index (χ0) is 14.5. The van der Waals surface area contributed by atoms with Crippen molar-refractivity contribution in [3.63, 3.8) is 0 Å². The average Bonchev–Trinajstić information content (AvgIpc) is 2.38. The van der Waals surface area contributed by atoms with E-state index in [2.05, 4.69) is 38.0 Å². The van der Waals surface area contributed by atoms with Crippen molar-refractivity contribution in [2.24, 2.45) is 0 Å².